The number of hydrogen-bond donors (Lipinski definition) is 1. The van der Waals surface area contributed by atoms with E-state index in [0.29, 0.717) is 6.54 Å². The predicted octanol–water partition coefficient (Wildman–Crippen LogP) is 3.63. The molecule has 0 heterocycles. The monoisotopic (exact) mass is 486 g/mol. The van der Waals surface area contributed by atoms with Crippen LogP contribution >= 0.6 is 11.6 Å². The topological polar surface area (TPSA) is 92.8 Å². The Balaban J connectivity index is 1.63. The van der Waals surface area contributed by atoms with Crippen molar-refractivity contribution in [1.82, 2.24) is 9.62 Å². The number of nitrogens with zero attached hydrogens (tertiary/aromatic N) is 1. The number of benzene rings is 3. The van der Waals surface area contributed by atoms with Crippen molar-refractivity contribution in [3.63, 3.8) is 0 Å². The molecule has 0 aliphatic rings. The summed E-state index contributed by atoms with van der Waals surface area (Å²) in [6.07, 6.45) is 0. The molecule has 1 amide bonds. The Hall–Kier alpha value is -3.20. The zero-order valence-corrected chi connectivity index (χ0v) is 19.5. The lowest BCUT2D eigenvalue weighted by atomic mass is 10.2. The van der Waals surface area contributed by atoms with Crippen molar-refractivity contribution in [3.8, 4) is 0 Å². The lowest BCUT2D eigenvalue weighted by molar-refractivity contribution is -0.133. The molecule has 1 N–H and O–H groups in total. The van der Waals surface area contributed by atoms with Crippen LogP contribution in [0.2, 0.25) is 5.02 Å². The van der Waals surface area contributed by atoms with Crippen LogP contribution in [0.3, 0.4) is 0 Å². The molecule has 0 saturated carbocycles. The molecule has 33 heavy (non-hydrogen) atoms. The molecule has 0 saturated heterocycles. The molecule has 3 aromatic carbocycles. The van der Waals surface area contributed by atoms with Crippen molar-refractivity contribution in [3.05, 3.63) is 101 Å². The fourth-order valence-corrected chi connectivity index (χ4v) is 4.50. The highest BCUT2D eigenvalue weighted by molar-refractivity contribution is 7.89. The molecule has 0 aromatic heterocycles. The largest absolute Gasteiger partial charge is 0.452 e. The molecule has 0 radical (unpaired) electrons. The van der Waals surface area contributed by atoms with Crippen molar-refractivity contribution >= 4 is 33.5 Å². The molecule has 9 heteroatoms. The van der Waals surface area contributed by atoms with Crippen molar-refractivity contribution in [2.24, 2.45) is 0 Å². The van der Waals surface area contributed by atoms with E-state index in [1.807, 2.05) is 36.4 Å². The maximum Gasteiger partial charge on any atom is 0.338 e. The number of esters is 1. The number of amides is 1. The number of carbonyl (C=O) groups excluding carboxylic acids is 2. The van der Waals surface area contributed by atoms with Crippen molar-refractivity contribution < 1.29 is 22.7 Å². The van der Waals surface area contributed by atoms with Gasteiger partial charge in [-0.2, -0.15) is 0 Å². The van der Waals surface area contributed by atoms with E-state index in [4.69, 9.17) is 16.3 Å². The molecule has 172 valence electrons. The lowest BCUT2D eigenvalue weighted by Crippen LogP contribution is -2.30. The summed E-state index contributed by atoms with van der Waals surface area (Å²) in [4.78, 5) is 25.9. The third kappa shape index (κ3) is 6.89. The van der Waals surface area contributed by atoms with E-state index in [1.54, 1.807) is 31.3 Å². The van der Waals surface area contributed by atoms with Gasteiger partial charge in [0.05, 0.1) is 10.6 Å². The number of halogens is 1. The summed E-state index contributed by atoms with van der Waals surface area (Å²) in [7, 11) is -2.38. The zero-order chi connectivity index (χ0) is 23.8. The van der Waals surface area contributed by atoms with Gasteiger partial charge in [-0.3, -0.25) is 4.79 Å². The molecule has 7 nitrogen and oxygen atoms in total. The Kier molecular flexibility index (Phi) is 8.21. The van der Waals surface area contributed by atoms with E-state index in [1.165, 1.54) is 17.0 Å². The van der Waals surface area contributed by atoms with Crippen LogP contribution in [0.1, 0.15) is 21.5 Å². The van der Waals surface area contributed by atoms with Gasteiger partial charge in [0, 0.05) is 20.1 Å². The van der Waals surface area contributed by atoms with E-state index in [0.717, 1.165) is 17.2 Å². The minimum absolute atomic E-state index is 0.0296. The highest BCUT2D eigenvalue weighted by Crippen LogP contribution is 2.23. The van der Waals surface area contributed by atoms with Crippen LogP contribution in [-0.2, 0) is 32.6 Å². The normalized spacial score (nSPS) is 11.1. The number of carbonyl (C=O) groups is 2. The number of ether oxygens (including phenoxy) is 1. The maximum absolute atomic E-state index is 12.7. The van der Waals surface area contributed by atoms with Gasteiger partial charge in [-0.05, 0) is 29.3 Å². The van der Waals surface area contributed by atoms with E-state index in [-0.39, 0.29) is 22.0 Å². The van der Waals surface area contributed by atoms with Crippen LogP contribution in [0, 0.1) is 0 Å². The first kappa shape index (κ1) is 24.4. The first-order valence-corrected chi connectivity index (χ1v) is 11.9. The van der Waals surface area contributed by atoms with E-state index in [9.17, 15) is 18.0 Å². The molecule has 0 aliphatic carbocycles. The van der Waals surface area contributed by atoms with Crippen LogP contribution in [0.5, 0.6) is 0 Å². The molecule has 3 rings (SSSR count). The van der Waals surface area contributed by atoms with Gasteiger partial charge in [0.15, 0.2) is 6.61 Å². The molecule has 0 atom stereocenters. The minimum Gasteiger partial charge on any atom is -0.452 e. The van der Waals surface area contributed by atoms with Gasteiger partial charge in [0.25, 0.3) is 5.91 Å². The molecular weight excluding hydrogens is 464 g/mol. The van der Waals surface area contributed by atoms with Gasteiger partial charge < -0.3 is 9.64 Å². The number of likely N-dealkylation sites (N-methyl/N-ethyl adjacent to an activating group) is 1. The van der Waals surface area contributed by atoms with Gasteiger partial charge in [0.2, 0.25) is 10.0 Å². The summed E-state index contributed by atoms with van der Waals surface area (Å²) in [5, 5.41) is -0.0363. The van der Waals surface area contributed by atoms with Gasteiger partial charge >= 0.3 is 5.97 Å². The SMILES string of the molecule is CN(Cc1ccccc1)C(=O)COC(=O)c1ccc(Cl)c(S(=O)(=O)NCc2ccccc2)c1. The second kappa shape index (κ2) is 11.1. The summed E-state index contributed by atoms with van der Waals surface area (Å²) in [6, 6.07) is 22.2. The summed E-state index contributed by atoms with van der Waals surface area (Å²) in [6.45, 7) is -0.0385. The molecule has 0 bridgehead atoms. The number of sulfonamides is 1. The number of hydrogen-bond acceptors (Lipinski definition) is 5. The Labute approximate surface area is 198 Å². The highest BCUT2D eigenvalue weighted by atomic mass is 35.5. The first-order valence-electron chi connectivity index (χ1n) is 10.0. The maximum atomic E-state index is 12.7. The average Bonchev–Trinajstić information content (AvgIpc) is 2.82. The lowest BCUT2D eigenvalue weighted by Gasteiger charge is -2.17. The Morgan fingerprint density at radius 2 is 1.55 bits per heavy atom. The first-order chi connectivity index (χ1) is 15.8. The number of nitrogens with one attached hydrogen (secondary N) is 1. The smallest absolute Gasteiger partial charge is 0.338 e. The fourth-order valence-electron chi connectivity index (χ4n) is 2.95. The molecule has 0 aliphatic heterocycles. The van der Waals surface area contributed by atoms with Crippen LogP contribution in [0.4, 0.5) is 0 Å². The van der Waals surface area contributed by atoms with Crippen molar-refractivity contribution in [1.29, 1.82) is 0 Å². The average molecular weight is 487 g/mol. The van der Waals surface area contributed by atoms with Crippen LogP contribution < -0.4 is 4.72 Å². The molecule has 3 aromatic rings. The number of rotatable bonds is 9. The summed E-state index contributed by atoms with van der Waals surface area (Å²) in [5.74, 6) is -1.22. The van der Waals surface area contributed by atoms with Crippen LogP contribution in [0.25, 0.3) is 0 Å². The molecule has 0 unspecified atom stereocenters. The molecule has 0 fully saturated rings. The summed E-state index contributed by atoms with van der Waals surface area (Å²) < 4.78 is 33.0. The quantitative estimate of drug-likeness (QED) is 0.466. The fraction of sp³-hybridized carbons (Fsp3) is 0.167. The van der Waals surface area contributed by atoms with E-state index >= 15 is 0 Å². The van der Waals surface area contributed by atoms with Gasteiger partial charge in [-0.25, -0.2) is 17.9 Å². The standard InChI is InChI=1S/C24H23ClN2O5S/c1-27(16-19-10-6-3-7-11-19)23(28)17-32-24(29)20-12-13-21(25)22(14-20)33(30,31)26-15-18-8-4-2-5-9-18/h2-14,26H,15-17H2,1H3. The zero-order valence-electron chi connectivity index (χ0n) is 17.9. The Bertz CT molecular complexity index is 1220. The van der Waals surface area contributed by atoms with E-state index in [2.05, 4.69) is 4.72 Å². The summed E-state index contributed by atoms with van der Waals surface area (Å²) >= 11 is 6.08. The van der Waals surface area contributed by atoms with E-state index < -0.39 is 28.5 Å². The highest BCUT2D eigenvalue weighted by Gasteiger charge is 2.21. The molecular formula is C24H23ClN2O5S. The van der Waals surface area contributed by atoms with Gasteiger partial charge in [-0.1, -0.05) is 72.3 Å². The third-order valence-electron chi connectivity index (χ3n) is 4.78. The summed E-state index contributed by atoms with van der Waals surface area (Å²) in [5.41, 5.74) is 1.68. The van der Waals surface area contributed by atoms with Gasteiger partial charge in [-0.15, -0.1) is 0 Å². The van der Waals surface area contributed by atoms with Crippen LogP contribution in [0.15, 0.2) is 83.8 Å². The van der Waals surface area contributed by atoms with Crippen molar-refractivity contribution in [2.45, 2.75) is 18.0 Å². The third-order valence-corrected chi connectivity index (χ3v) is 6.66. The van der Waals surface area contributed by atoms with Crippen molar-refractivity contribution in [2.75, 3.05) is 13.7 Å². The minimum atomic E-state index is -3.99. The van der Waals surface area contributed by atoms with Crippen LogP contribution in [-0.4, -0.2) is 38.8 Å². The molecule has 0 spiro atoms. The predicted molar refractivity (Wildman–Crippen MR) is 125 cm³/mol. The second-order valence-electron chi connectivity index (χ2n) is 7.27. The van der Waals surface area contributed by atoms with Gasteiger partial charge in [0.1, 0.15) is 4.90 Å². The Morgan fingerprint density at radius 1 is 0.939 bits per heavy atom. The second-order valence-corrected chi connectivity index (χ2v) is 9.41. The Morgan fingerprint density at radius 3 is 2.18 bits per heavy atom.